The number of hydrogen-bond acceptors (Lipinski definition) is 5. The third kappa shape index (κ3) is 4.02. The lowest BCUT2D eigenvalue weighted by atomic mass is 10.2. The molecule has 0 aromatic heterocycles. The van der Waals surface area contributed by atoms with E-state index in [9.17, 15) is 18.0 Å². The molecule has 0 spiro atoms. The van der Waals surface area contributed by atoms with E-state index in [1.165, 1.54) is 24.3 Å². The second-order valence-corrected chi connectivity index (χ2v) is 5.94. The Morgan fingerprint density at radius 3 is 2.38 bits per heavy atom. The summed E-state index contributed by atoms with van der Waals surface area (Å²) in [5.74, 6) is -2.03. The number of hydrogen-bond donors (Lipinski definition) is 1. The minimum Gasteiger partial charge on any atom is -0.478 e. The molecule has 0 aliphatic heterocycles. The van der Waals surface area contributed by atoms with E-state index < -0.39 is 28.5 Å². The molecule has 7 nitrogen and oxygen atoms in total. The molecule has 1 N–H and O–H groups in total. The Balaban J connectivity index is 3.19. The lowest BCUT2D eigenvalue weighted by Crippen LogP contribution is -2.37. The van der Waals surface area contributed by atoms with Gasteiger partial charge >= 0.3 is 11.9 Å². The van der Waals surface area contributed by atoms with E-state index in [0.717, 1.165) is 4.31 Å². The van der Waals surface area contributed by atoms with Crippen molar-refractivity contribution in [2.24, 2.45) is 0 Å². The molecule has 0 amide bonds. The van der Waals surface area contributed by atoms with Gasteiger partial charge in [0, 0.05) is 6.54 Å². The molecule has 8 heteroatoms. The molecule has 0 aliphatic carbocycles. The molecule has 116 valence electrons. The molecule has 1 aromatic carbocycles. The van der Waals surface area contributed by atoms with Gasteiger partial charge in [0.05, 0.1) is 17.1 Å². The summed E-state index contributed by atoms with van der Waals surface area (Å²) in [5, 5.41) is 9.07. The van der Waals surface area contributed by atoms with Crippen LogP contribution >= 0.6 is 0 Å². The summed E-state index contributed by atoms with van der Waals surface area (Å²) in [7, 11) is -4.09. The number of benzene rings is 1. The number of carboxylic acids is 1. The average Bonchev–Trinajstić information content (AvgIpc) is 2.44. The molecule has 1 aromatic rings. The maximum Gasteiger partial charge on any atom is 0.337 e. The van der Waals surface area contributed by atoms with Gasteiger partial charge in [-0.25, -0.2) is 13.2 Å². The van der Waals surface area contributed by atoms with Gasteiger partial charge in [-0.2, -0.15) is 4.31 Å². The van der Waals surface area contributed by atoms with Crippen molar-refractivity contribution in [2.45, 2.75) is 18.7 Å². The molecule has 0 unspecified atom stereocenters. The van der Waals surface area contributed by atoms with Crippen molar-refractivity contribution in [1.29, 1.82) is 0 Å². The molecule has 0 saturated carbocycles. The summed E-state index contributed by atoms with van der Waals surface area (Å²) in [4.78, 5) is 22.3. The van der Waals surface area contributed by atoms with Gasteiger partial charge < -0.3 is 9.84 Å². The molecule has 0 aliphatic rings. The second-order valence-electron chi connectivity index (χ2n) is 4.04. The summed E-state index contributed by atoms with van der Waals surface area (Å²) in [6, 6.07) is 5.27. The summed E-state index contributed by atoms with van der Waals surface area (Å²) in [6.45, 7) is 2.88. The van der Waals surface area contributed by atoms with Crippen molar-refractivity contribution in [3.8, 4) is 0 Å². The van der Waals surface area contributed by atoms with E-state index in [2.05, 4.69) is 0 Å². The monoisotopic (exact) mass is 315 g/mol. The maximum atomic E-state index is 12.5. The van der Waals surface area contributed by atoms with Gasteiger partial charge in [-0.3, -0.25) is 4.79 Å². The topological polar surface area (TPSA) is 101 Å². The number of ether oxygens (including phenoxy) is 1. The highest BCUT2D eigenvalue weighted by Crippen LogP contribution is 2.20. The van der Waals surface area contributed by atoms with Gasteiger partial charge in [0.25, 0.3) is 0 Å². The number of carboxylic acid groups (broad SMARTS) is 1. The van der Waals surface area contributed by atoms with Crippen LogP contribution in [0.1, 0.15) is 24.2 Å². The fourth-order valence-electron chi connectivity index (χ4n) is 1.72. The van der Waals surface area contributed by atoms with Gasteiger partial charge in [0.1, 0.15) is 6.54 Å². The minimum atomic E-state index is -4.09. The predicted octanol–water partition coefficient (Wildman–Crippen LogP) is 0.958. The first-order valence-electron chi connectivity index (χ1n) is 6.32. The summed E-state index contributed by atoms with van der Waals surface area (Å²) in [5.41, 5.74) is -0.334. The maximum absolute atomic E-state index is 12.5. The highest BCUT2D eigenvalue weighted by atomic mass is 32.2. The number of carbonyl (C=O) groups excluding carboxylic acids is 1. The smallest absolute Gasteiger partial charge is 0.337 e. The highest BCUT2D eigenvalue weighted by molar-refractivity contribution is 7.89. The van der Waals surface area contributed by atoms with Crippen LogP contribution in [0.25, 0.3) is 0 Å². The van der Waals surface area contributed by atoms with E-state index >= 15 is 0 Å². The van der Waals surface area contributed by atoms with Crippen LogP contribution in [0, 0.1) is 0 Å². The number of aromatic carboxylic acids is 1. The zero-order chi connectivity index (χ0) is 16.0. The first kappa shape index (κ1) is 17.1. The fourth-order valence-corrected chi connectivity index (χ4v) is 3.30. The molecular formula is C13H17NO6S. The zero-order valence-corrected chi connectivity index (χ0v) is 12.6. The molecular weight excluding hydrogens is 298 g/mol. The Hall–Kier alpha value is -1.93. The van der Waals surface area contributed by atoms with E-state index in [0.29, 0.717) is 0 Å². The first-order valence-corrected chi connectivity index (χ1v) is 7.76. The number of rotatable bonds is 7. The molecule has 1 rings (SSSR count). The third-order valence-electron chi connectivity index (χ3n) is 2.70. The summed E-state index contributed by atoms with van der Waals surface area (Å²) in [6.07, 6.45) is 0. The van der Waals surface area contributed by atoms with E-state index in [4.69, 9.17) is 9.84 Å². The number of sulfonamides is 1. The van der Waals surface area contributed by atoms with Gasteiger partial charge in [0.2, 0.25) is 10.0 Å². The van der Waals surface area contributed by atoms with Crippen LogP contribution in [0.4, 0.5) is 0 Å². The minimum absolute atomic E-state index is 0.0229. The number of nitrogens with zero attached hydrogens (tertiary/aromatic N) is 1. The number of carbonyl (C=O) groups is 2. The third-order valence-corrected chi connectivity index (χ3v) is 4.68. The second kappa shape index (κ2) is 7.19. The van der Waals surface area contributed by atoms with E-state index in [-0.39, 0.29) is 23.6 Å². The molecule has 0 heterocycles. The molecule has 0 saturated heterocycles. The largest absolute Gasteiger partial charge is 0.478 e. The van der Waals surface area contributed by atoms with Crippen molar-refractivity contribution in [2.75, 3.05) is 19.7 Å². The average molecular weight is 315 g/mol. The fraction of sp³-hybridized carbons (Fsp3) is 0.385. The first-order chi connectivity index (χ1) is 9.84. The van der Waals surface area contributed by atoms with Crippen molar-refractivity contribution in [3.05, 3.63) is 29.8 Å². The number of esters is 1. The molecule has 0 radical (unpaired) electrons. The Morgan fingerprint density at radius 2 is 1.86 bits per heavy atom. The predicted molar refractivity (Wildman–Crippen MR) is 74.5 cm³/mol. The molecule has 0 atom stereocenters. The number of likely N-dealkylation sites (N-methyl/N-ethyl adjacent to an activating group) is 1. The van der Waals surface area contributed by atoms with Crippen molar-refractivity contribution >= 4 is 22.0 Å². The molecule has 21 heavy (non-hydrogen) atoms. The van der Waals surface area contributed by atoms with Crippen LogP contribution < -0.4 is 0 Å². The molecule has 0 fully saturated rings. The zero-order valence-electron chi connectivity index (χ0n) is 11.8. The van der Waals surface area contributed by atoms with E-state index in [1.807, 2.05) is 0 Å². The van der Waals surface area contributed by atoms with Crippen molar-refractivity contribution in [3.63, 3.8) is 0 Å². The quantitative estimate of drug-likeness (QED) is 0.752. The Morgan fingerprint density at radius 1 is 1.24 bits per heavy atom. The van der Waals surface area contributed by atoms with Crippen LogP contribution in [0.15, 0.2) is 29.2 Å². The lowest BCUT2D eigenvalue weighted by molar-refractivity contribution is -0.143. The van der Waals surface area contributed by atoms with Crippen LogP contribution in [0.5, 0.6) is 0 Å². The SMILES string of the molecule is CCOC(=O)CN(CC)S(=O)(=O)c1ccccc1C(=O)O. The van der Waals surface area contributed by atoms with Gasteiger partial charge in [0.15, 0.2) is 0 Å². The van der Waals surface area contributed by atoms with Gasteiger partial charge in [-0.1, -0.05) is 19.1 Å². The van der Waals surface area contributed by atoms with Crippen LogP contribution in [-0.2, 0) is 19.6 Å². The van der Waals surface area contributed by atoms with Crippen LogP contribution in [-0.4, -0.2) is 49.5 Å². The van der Waals surface area contributed by atoms with Gasteiger partial charge in [-0.05, 0) is 19.1 Å². The Kier molecular flexibility index (Phi) is 5.86. The summed E-state index contributed by atoms with van der Waals surface area (Å²) < 4.78 is 30.6. The highest BCUT2D eigenvalue weighted by Gasteiger charge is 2.29. The molecule has 0 bridgehead atoms. The van der Waals surface area contributed by atoms with Crippen LogP contribution in [0.3, 0.4) is 0 Å². The summed E-state index contributed by atoms with van der Waals surface area (Å²) >= 11 is 0. The van der Waals surface area contributed by atoms with Crippen molar-refractivity contribution < 1.29 is 27.9 Å². The van der Waals surface area contributed by atoms with Crippen molar-refractivity contribution in [1.82, 2.24) is 4.31 Å². The van der Waals surface area contributed by atoms with Crippen LogP contribution in [0.2, 0.25) is 0 Å². The standard InChI is InChI=1S/C13H17NO6S/c1-3-14(9-12(15)20-4-2)21(18,19)11-8-6-5-7-10(11)13(16)17/h5-8H,3-4,9H2,1-2H3,(H,16,17). The lowest BCUT2D eigenvalue weighted by Gasteiger charge is -2.20. The van der Waals surface area contributed by atoms with E-state index in [1.54, 1.807) is 13.8 Å². The normalized spacial score (nSPS) is 11.4. The Bertz CT molecular complexity index is 625. The Labute approximate surface area is 123 Å². The van der Waals surface area contributed by atoms with Gasteiger partial charge in [-0.15, -0.1) is 0 Å².